The summed E-state index contributed by atoms with van der Waals surface area (Å²) >= 11 is 3.34. The molecular formula is C17H14BrN3O3. The van der Waals surface area contributed by atoms with E-state index in [1.54, 1.807) is 30.5 Å². The van der Waals surface area contributed by atoms with Gasteiger partial charge in [0.15, 0.2) is 0 Å². The van der Waals surface area contributed by atoms with Crippen molar-refractivity contribution in [2.24, 2.45) is 0 Å². The van der Waals surface area contributed by atoms with Gasteiger partial charge in [0.05, 0.1) is 29.7 Å². The van der Waals surface area contributed by atoms with Crippen LogP contribution in [0.1, 0.15) is 28.4 Å². The molecule has 0 bridgehead atoms. The molecule has 0 fully saturated rings. The fourth-order valence-electron chi connectivity index (χ4n) is 2.52. The summed E-state index contributed by atoms with van der Waals surface area (Å²) in [7, 11) is 0. The monoisotopic (exact) mass is 387 g/mol. The molecule has 0 saturated carbocycles. The fourth-order valence-corrected chi connectivity index (χ4v) is 2.79. The second-order valence-electron chi connectivity index (χ2n) is 5.31. The van der Waals surface area contributed by atoms with E-state index in [0.29, 0.717) is 10.9 Å². The number of hydrogen-bond acceptors (Lipinski definition) is 3. The van der Waals surface area contributed by atoms with Gasteiger partial charge in [-0.2, -0.15) is 5.10 Å². The van der Waals surface area contributed by atoms with Crippen LogP contribution in [0, 0.1) is 0 Å². The first kappa shape index (κ1) is 16.2. The van der Waals surface area contributed by atoms with Crippen LogP contribution in [0.3, 0.4) is 0 Å². The molecule has 6 nitrogen and oxygen atoms in total. The van der Waals surface area contributed by atoms with Crippen molar-refractivity contribution in [2.75, 3.05) is 0 Å². The number of carboxylic acid groups (broad SMARTS) is 1. The predicted molar refractivity (Wildman–Crippen MR) is 92.7 cm³/mol. The molecule has 7 heteroatoms. The van der Waals surface area contributed by atoms with Crippen molar-refractivity contribution in [3.63, 3.8) is 0 Å². The first-order valence-corrected chi connectivity index (χ1v) is 8.04. The van der Waals surface area contributed by atoms with Gasteiger partial charge in [-0.3, -0.25) is 14.7 Å². The lowest BCUT2D eigenvalue weighted by Crippen LogP contribution is -2.30. The molecule has 1 aromatic heterocycles. The van der Waals surface area contributed by atoms with Crippen molar-refractivity contribution < 1.29 is 14.7 Å². The number of aromatic amines is 1. The average Bonchev–Trinajstić information content (AvgIpc) is 3.03. The molecule has 1 atom stereocenters. The summed E-state index contributed by atoms with van der Waals surface area (Å²) in [5, 5.41) is 19.4. The number of carbonyl (C=O) groups excluding carboxylic acids is 1. The predicted octanol–water partition coefficient (Wildman–Crippen LogP) is 3.27. The summed E-state index contributed by atoms with van der Waals surface area (Å²) < 4.78 is 0.884. The zero-order valence-electron chi connectivity index (χ0n) is 12.5. The number of nitrogens with zero attached hydrogens (tertiary/aromatic N) is 1. The number of rotatable bonds is 5. The van der Waals surface area contributed by atoms with E-state index in [1.165, 1.54) is 0 Å². The van der Waals surface area contributed by atoms with Crippen LogP contribution >= 0.6 is 15.9 Å². The molecule has 1 amide bonds. The lowest BCUT2D eigenvalue weighted by Gasteiger charge is -2.18. The second kappa shape index (κ2) is 6.84. The fraction of sp³-hybridized carbons (Fsp3) is 0.118. The highest BCUT2D eigenvalue weighted by atomic mass is 79.9. The molecule has 3 N–H and O–H groups in total. The van der Waals surface area contributed by atoms with Gasteiger partial charge in [-0.15, -0.1) is 0 Å². The third-order valence-electron chi connectivity index (χ3n) is 3.69. The van der Waals surface area contributed by atoms with Crippen molar-refractivity contribution in [3.05, 3.63) is 64.3 Å². The number of amides is 1. The van der Waals surface area contributed by atoms with Crippen LogP contribution in [-0.2, 0) is 4.79 Å². The van der Waals surface area contributed by atoms with Crippen LogP contribution < -0.4 is 5.32 Å². The summed E-state index contributed by atoms with van der Waals surface area (Å²) in [5.41, 5.74) is 1.93. The summed E-state index contributed by atoms with van der Waals surface area (Å²) in [6.07, 6.45) is 1.38. The van der Waals surface area contributed by atoms with Gasteiger partial charge in [0.25, 0.3) is 5.91 Å². The summed E-state index contributed by atoms with van der Waals surface area (Å²) in [4.78, 5) is 23.8. The number of H-pyrrole nitrogens is 1. The normalized spacial score (nSPS) is 12.0. The summed E-state index contributed by atoms with van der Waals surface area (Å²) in [6.45, 7) is 0. The minimum atomic E-state index is -0.982. The Morgan fingerprint density at radius 1 is 1.21 bits per heavy atom. The molecule has 2 aromatic carbocycles. The lowest BCUT2D eigenvalue weighted by atomic mass is 10.0. The summed E-state index contributed by atoms with van der Waals surface area (Å²) in [6, 6.07) is 11.8. The van der Waals surface area contributed by atoms with E-state index in [1.807, 2.05) is 18.2 Å². The zero-order valence-corrected chi connectivity index (χ0v) is 14.1. The Kier molecular flexibility index (Phi) is 4.61. The van der Waals surface area contributed by atoms with E-state index < -0.39 is 12.0 Å². The van der Waals surface area contributed by atoms with E-state index >= 15 is 0 Å². The van der Waals surface area contributed by atoms with Gasteiger partial charge in [0.2, 0.25) is 0 Å². The average molecular weight is 388 g/mol. The minimum Gasteiger partial charge on any atom is -0.481 e. The maximum absolute atomic E-state index is 12.6. The van der Waals surface area contributed by atoms with Gasteiger partial charge in [-0.05, 0) is 29.8 Å². The van der Waals surface area contributed by atoms with Crippen molar-refractivity contribution in [3.8, 4) is 0 Å². The molecule has 0 saturated heterocycles. The number of carbonyl (C=O) groups is 2. The minimum absolute atomic E-state index is 0.200. The van der Waals surface area contributed by atoms with E-state index in [2.05, 4.69) is 31.4 Å². The topological polar surface area (TPSA) is 95.1 Å². The number of halogens is 1. The van der Waals surface area contributed by atoms with Crippen LogP contribution in [0.15, 0.2) is 53.1 Å². The number of aliphatic carboxylic acids is 1. The lowest BCUT2D eigenvalue weighted by molar-refractivity contribution is -0.137. The van der Waals surface area contributed by atoms with E-state index in [4.69, 9.17) is 5.11 Å². The maximum atomic E-state index is 12.6. The van der Waals surface area contributed by atoms with Crippen LogP contribution in [0.2, 0.25) is 0 Å². The molecule has 0 aliphatic heterocycles. The van der Waals surface area contributed by atoms with E-state index in [-0.39, 0.29) is 12.3 Å². The first-order chi connectivity index (χ1) is 11.5. The number of carboxylic acids is 1. The maximum Gasteiger partial charge on any atom is 0.305 e. The Labute approximate surface area is 146 Å². The van der Waals surface area contributed by atoms with Gasteiger partial charge in [0.1, 0.15) is 0 Å². The quantitative estimate of drug-likeness (QED) is 0.625. The first-order valence-electron chi connectivity index (χ1n) is 7.25. The Morgan fingerprint density at radius 3 is 2.67 bits per heavy atom. The number of fused-ring (bicyclic) bond motifs is 1. The molecule has 1 heterocycles. The Morgan fingerprint density at radius 2 is 1.96 bits per heavy atom. The molecular weight excluding hydrogens is 374 g/mol. The highest BCUT2D eigenvalue weighted by Crippen LogP contribution is 2.22. The van der Waals surface area contributed by atoms with Crippen LogP contribution in [0.4, 0.5) is 0 Å². The van der Waals surface area contributed by atoms with Crippen molar-refractivity contribution in [1.82, 2.24) is 15.5 Å². The molecule has 0 spiro atoms. The highest BCUT2D eigenvalue weighted by Gasteiger charge is 2.20. The smallest absolute Gasteiger partial charge is 0.305 e. The standard InChI is InChI=1S/C17H14BrN3O3/c18-11-6-4-10(5-7-11)15(8-16(22)23)20-17(24)12-2-1-3-14-13(12)9-19-21-14/h1-7,9,15H,8H2,(H,19,21)(H,20,24)(H,22,23)/t15-/m1/s1. The van der Waals surface area contributed by atoms with Crippen molar-refractivity contribution in [2.45, 2.75) is 12.5 Å². The van der Waals surface area contributed by atoms with Crippen LogP contribution in [0.25, 0.3) is 10.9 Å². The molecule has 0 aliphatic rings. The summed E-state index contributed by atoms with van der Waals surface area (Å²) in [5.74, 6) is -1.32. The largest absolute Gasteiger partial charge is 0.481 e. The van der Waals surface area contributed by atoms with E-state index in [9.17, 15) is 9.59 Å². The second-order valence-corrected chi connectivity index (χ2v) is 6.23. The molecule has 0 unspecified atom stereocenters. The molecule has 0 aliphatic carbocycles. The molecule has 3 rings (SSSR count). The number of aromatic nitrogens is 2. The zero-order chi connectivity index (χ0) is 17.1. The Hall–Kier alpha value is -2.67. The van der Waals surface area contributed by atoms with E-state index in [0.717, 1.165) is 15.6 Å². The molecule has 0 radical (unpaired) electrons. The van der Waals surface area contributed by atoms with Gasteiger partial charge in [-0.25, -0.2) is 0 Å². The Bertz CT molecular complexity index is 889. The van der Waals surface area contributed by atoms with Gasteiger partial charge in [-0.1, -0.05) is 34.1 Å². The van der Waals surface area contributed by atoms with Gasteiger partial charge < -0.3 is 10.4 Å². The third-order valence-corrected chi connectivity index (χ3v) is 4.21. The van der Waals surface area contributed by atoms with Gasteiger partial charge in [0, 0.05) is 9.86 Å². The molecule has 24 heavy (non-hydrogen) atoms. The number of hydrogen-bond donors (Lipinski definition) is 3. The van der Waals surface area contributed by atoms with Gasteiger partial charge >= 0.3 is 5.97 Å². The van der Waals surface area contributed by atoms with Crippen molar-refractivity contribution >= 4 is 38.7 Å². The highest BCUT2D eigenvalue weighted by molar-refractivity contribution is 9.10. The number of nitrogens with one attached hydrogen (secondary N) is 2. The van der Waals surface area contributed by atoms with Crippen molar-refractivity contribution in [1.29, 1.82) is 0 Å². The third kappa shape index (κ3) is 3.46. The SMILES string of the molecule is O=C(O)C[C@@H](NC(=O)c1cccc2[nH]ncc12)c1ccc(Br)cc1. The Balaban J connectivity index is 1.89. The number of benzene rings is 2. The molecule has 3 aromatic rings. The van der Waals surface area contributed by atoms with Crippen LogP contribution in [-0.4, -0.2) is 27.2 Å². The van der Waals surface area contributed by atoms with Crippen LogP contribution in [0.5, 0.6) is 0 Å². The molecule has 122 valence electrons.